The van der Waals surface area contributed by atoms with Crippen LogP contribution in [0.4, 0.5) is 13.2 Å². The summed E-state index contributed by atoms with van der Waals surface area (Å²) in [4.78, 5) is 12.1. The van der Waals surface area contributed by atoms with Gasteiger partial charge in [-0.3, -0.25) is 9.36 Å². The van der Waals surface area contributed by atoms with Gasteiger partial charge in [-0.15, -0.1) is 0 Å². The highest BCUT2D eigenvalue weighted by molar-refractivity contribution is 7.97. The summed E-state index contributed by atoms with van der Waals surface area (Å²) in [7, 11) is 2.78. The summed E-state index contributed by atoms with van der Waals surface area (Å²) in [5.41, 5.74) is -0.212. The normalized spacial score (nSPS) is 12.5. The average Bonchev–Trinajstić information content (AvgIpc) is 2.60. The maximum atomic E-state index is 13.6. The van der Waals surface area contributed by atoms with E-state index in [0.717, 1.165) is 16.3 Å². The zero-order valence-electron chi connectivity index (χ0n) is 15.5. The molecule has 2 rings (SSSR count). The number of methoxy groups -OCH3 is 1. The van der Waals surface area contributed by atoms with Crippen LogP contribution in [0, 0.1) is 0 Å². The van der Waals surface area contributed by atoms with Crippen molar-refractivity contribution in [3.63, 3.8) is 0 Å². The fraction of sp³-hybridized carbons (Fsp3) is 0.389. The van der Waals surface area contributed by atoms with Crippen molar-refractivity contribution in [1.82, 2.24) is 8.87 Å². The minimum atomic E-state index is -4.48. The molecule has 0 aliphatic carbocycles. The van der Waals surface area contributed by atoms with Gasteiger partial charge >= 0.3 is 6.18 Å². The monoisotopic (exact) mass is 422 g/mol. The van der Waals surface area contributed by atoms with Gasteiger partial charge in [-0.2, -0.15) is 13.2 Å². The molecule has 4 nitrogen and oxygen atoms in total. The van der Waals surface area contributed by atoms with Gasteiger partial charge in [-0.05, 0) is 42.8 Å². The smallest absolute Gasteiger partial charge is 0.364 e. The summed E-state index contributed by atoms with van der Waals surface area (Å²) in [5.74, 6) is 0. The van der Waals surface area contributed by atoms with Gasteiger partial charge in [0.2, 0.25) is 0 Å². The molecule has 1 atom stereocenters. The zero-order valence-corrected chi connectivity index (χ0v) is 17.0. The van der Waals surface area contributed by atoms with Crippen LogP contribution in [-0.4, -0.2) is 29.2 Å². The molecule has 2 aromatic rings. The molecule has 0 saturated heterocycles. The van der Waals surface area contributed by atoms with Gasteiger partial charge in [-0.1, -0.05) is 37.6 Å². The maximum Gasteiger partial charge on any atom is 0.408 e. The summed E-state index contributed by atoms with van der Waals surface area (Å²) in [5, 5.41) is 0.367. The molecule has 1 heterocycles. The molecule has 1 aromatic carbocycles. The molecule has 0 aliphatic rings. The number of rotatable bonds is 6. The quantitative estimate of drug-likeness (QED) is 0.586. The third-order valence-corrected chi connectivity index (χ3v) is 4.54. The van der Waals surface area contributed by atoms with E-state index in [-0.39, 0.29) is 17.9 Å². The summed E-state index contributed by atoms with van der Waals surface area (Å²) in [6.45, 7) is 4.02. The molecule has 0 fully saturated rings. The predicted molar refractivity (Wildman–Crippen MR) is 103 cm³/mol. The zero-order chi connectivity index (χ0) is 20.6. The summed E-state index contributed by atoms with van der Waals surface area (Å²) in [6.07, 6.45) is -3.02. The maximum absolute atomic E-state index is 13.6. The highest BCUT2D eigenvalue weighted by Gasteiger charge is 2.44. The fourth-order valence-corrected chi connectivity index (χ4v) is 3.38. The number of pyridine rings is 1. The third kappa shape index (κ3) is 6.88. The SMILES string of the molecule is CC.COCn1cc(SN(C)[C@H](c2ccc(Cl)cc2)C(F)(F)F)ccc1=O. The van der Waals surface area contributed by atoms with Crippen LogP contribution in [0.5, 0.6) is 0 Å². The van der Waals surface area contributed by atoms with Gasteiger partial charge < -0.3 is 4.74 Å². The van der Waals surface area contributed by atoms with Crippen molar-refractivity contribution in [1.29, 1.82) is 0 Å². The molecule has 0 unspecified atom stereocenters. The number of nitrogens with zero attached hydrogens (tertiary/aromatic N) is 2. The van der Waals surface area contributed by atoms with Gasteiger partial charge in [0.15, 0.2) is 0 Å². The molecular formula is C18H22ClF3N2O2S. The van der Waals surface area contributed by atoms with Crippen LogP contribution in [0.3, 0.4) is 0 Å². The first-order chi connectivity index (χ1) is 12.7. The highest BCUT2D eigenvalue weighted by atomic mass is 35.5. The predicted octanol–water partition coefficient (Wildman–Crippen LogP) is 5.37. The number of benzene rings is 1. The number of hydrogen-bond donors (Lipinski definition) is 0. The fourth-order valence-electron chi connectivity index (χ4n) is 2.27. The van der Waals surface area contributed by atoms with Gasteiger partial charge in [0.25, 0.3) is 5.56 Å². The highest BCUT2D eigenvalue weighted by Crippen LogP contribution is 2.41. The molecule has 150 valence electrons. The molecule has 1 aromatic heterocycles. The molecule has 0 N–H and O–H groups in total. The van der Waals surface area contributed by atoms with E-state index in [9.17, 15) is 18.0 Å². The molecule has 0 bridgehead atoms. The molecular weight excluding hydrogens is 401 g/mol. The average molecular weight is 423 g/mol. The molecule has 0 aliphatic heterocycles. The number of halogens is 4. The van der Waals surface area contributed by atoms with Crippen LogP contribution < -0.4 is 5.56 Å². The second kappa shape index (κ2) is 10.8. The van der Waals surface area contributed by atoms with E-state index in [4.69, 9.17) is 16.3 Å². The topological polar surface area (TPSA) is 34.5 Å². The van der Waals surface area contributed by atoms with Gasteiger partial charge in [-0.25, -0.2) is 4.31 Å². The van der Waals surface area contributed by atoms with E-state index in [2.05, 4.69) is 0 Å². The molecule has 9 heteroatoms. The lowest BCUT2D eigenvalue weighted by atomic mass is 10.1. The van der Waals surface area contributed by atoms with Gasteiger partial charge in [0.05, 0.1) is 0 Å². The van der Waals surface area contributed by atoms with Gasteiger partial charge in [0, 0.05) is 29.3 Å². The van der Waals surface area contributed by atoms with E-state index in [1.54, 1.807) is 0 Å². The van der Waals surface area contributed by atoms with Gasteiger partial charge in [0.1, 0.15) is 12.8 Å². The second-order valence-electron chi connectivity index (χ2n) is 5.22. The first-order valence-electron chi connectivity index (χ1n) is 8.15. The number of alkyl halides is 3. The number of aromatic nitrogens is 1. The van der Waals surface area contributed by atoms with Crippen LogP contribution >= 0.6 is 23.5 Å². The second-order valence-corrected chi connectivity index (χ2v) is 6.89. The number of hydrogen-bond acceptors (Lipinski definition) is 4. The molecule has 0 spiro atoms. The summed E-state index contributed by atoms with van der Waals surface area (Å²) in [6, 6.07) is 6.50. The number of ether oxygens (including phenoxy) is 1. The van der Waals surface area contributed by atoms with Crippen molar-refractivity contribution < 1.29 is 17.9 Å². The van der Waals surface area contributed by atoms with Crippen molar-refractivity contribution in [3.05, 3.63) is 63.5 Å². The molecule has 27 heavy (non-hydrogen) atoms. The lowest BCUT2D eigenvalue weighted by Gasteiger charge is -2.29. The van der Waals surface area contributed by atoms with Crippen LogP contribution in [-0.2, 0) is 11.5 Å². The summed E-state index contributed by atoms with van der Waals surface area (Å²) >= 11 is 6.65. The van der Waals surface area contributed by atoms with Crippen molar-refractivity contribution >= 4 is 23.5 Å². The lowest BCUT2D eigenvalue weighted by molar-refractivity contribution is -0.169. The first-order valence-corrected chi connectivity index (χ1v) is 9.30. The molecule has 0 amide bonds. The van der Waals surface area contributed by atoms with E-state index in [1.165, 1.54) is 61.3 Å². The third-order valence-electron chi connectivity index (χ3n) is 3.33. The summed E-state index contributed by atoms with van der Waals surface area (Å²) < 4.78 is 48.0. The Bertz CT molecular complexity index is 766. The minimum Gasteiger partial charge on any atom is -0.364 e. The first kappa shape index (κ1) is 23.6. The Morgan fingerprint density at radius 2 is 1.78 bits per heavy atom. The standard InChI is InChI=1S/C16H16ClF3N2O2S.C2H6/c1-21(25-13-7-8-14(23)22(9-13)10-24-2)15(16(18,19)20)11-3-5-12(17)6-4-11;1-2/h3-9,15H,10H2,1-2H3;1-2H3/t15-;/m1./s1. The van der Waals surface area contributed by atoms with Crippen LogP contribution in [0.1, 0.15) is 25.5 Å². The van der Waals surface area contributed by atoms with E-state index >= 15 is 0 Å². The van der Waals surface area contributed by atoms with Crippen LogP contribution in [0.25, 0.3) is 0 Å². The van der Waals surface area contributed by atoms with Crippen molar-refractivity contribution in [2.45, 2.75) is 37.7 Å². The largest absolute Gasteiger partial charge is 0.408 e. The molecule has 0 radical (unpaired) electrons. The Morgan fingerprint density at radius 3 is 2.30 bits per heavy atom. The Hall–Kier alpha value is -1.48. The van der Waals surface area contributed by atoms with E-state index in [1.807, 2.05) is 13.8 Å². The van der Waals surface area contributed by atoms with Crippen molar-refractivity contribution in [2.24, 2.45) is 0 Å². The van der Waals surface area contributed by atoms with Crippen LogP contribution in [0.2, 0.25) is 5.02 Å². The Kier molecular flexibility index (Phi) is 9.38. The molecule has 0 saturated carbocycles. The van der Waals surface area contributed by atoms with Crippen molar-refractivity contribution in [3.8, 4) is 0 Å². The van der Waals surface area contributed by atoms with Crippen LogP contribution in [0.15, 0.2) is 52.3 Å². The van der Waals surface area contributed by atoms with Crippen molar-refractivity contribution in [2.75, 3.05) is 14.2 Å². The van der Waals surface area contributed by atoms with E-state index in [0.29, 0.717) is 9.92 Å². The Labute approximate surface area is 166 Å². The minimum absolute atomic E-state index is 0.0246. The lowest BCUT2D eigenvalue weighted by Crippen LogP contribution is -2.32. The Balaban J connectivity index is 0.00000176. The Morgan fingerprint density at radius 1 is 1.19 bits per heavy atom. The van der Waals surface area contributed by atoms with E-state index < -0.39 is 12.2 Å².